The average Bonchev–Trinajstić information content (AvgIpc) is 2.20. The summed E-state index contributed by atoms with van der Waals surface area (Å²) in [6, 6.07) is 6.69. The van der Waals surface area contributed by atoms with Crippen LogP contribution in [0.4, 0.5) is 0 Å². The van der Waals surface area contributed by atoms with Crippen LogP contribution in [0.15, 0.2) is 18.2 Å². The van der Waals surface area contributed by atoms with Crippen LogP contribution in [-0.2, 0) is 6.54 Å². The maximum atomic E-state index is 6.22. The van der Waals surface area contributed by atoms with Gasteiger partial charge in [-0.05, 0) is 38.0 Å². The second-order valence-electron chi connectivity index (χ2n) is 4.35. The van der Waals surface area contributed by atoms with Gasteiger partial charge in [0, 0.05) is 30.0 Å². The zero-order chi connectivity index (χ0) is 12.1. The highest BCUT2D eigenvalue weighted by Gasteiger charge is 2.11. The predicted molar refractivity (Wildman–Crippen MR) is 72.5 cm³/mol. The van der Waals surface area contributed by atoms with Gasteiger partial charge in [0.15, 0.2) is 0 Å². The molecule has 1 aromatic carbocycles. The van der Waals surface area contributed by atoms with E-state index in [1.165, 1.54) is 11.1 Å². The number of alkyl halides is 1. The summed E-state index contributed by atoms with van der Waals surface area (Å²) in [6.07, 6.45) is 0. The molecule has 0 unspecified atom stereocenters. The van der Waals surface area contributed by atoms with Crippen molar-refractivity contribution in [1.29, 1.82) is 0 Å². The zero-order valence-corrected chi connectivity index (χ0v) is 11.6. The molecule has 1 nitrogen and oxygen atoms in total. The first-order valence-corrected chi connectivity index (χ1v) is 6.51. The van der Waals surface area contributed by atoms with Gasteiger partial charge in [0.25, 0.3) is 0 Å². The van der Waals surface area contributed by atoms with E-state index in [-0.39, 0.29) is 0 Å². The first-order chi connectivity index (χ1) is 7.54. The van der Waals surface area contributed by atoms with Crippen molar-refractivity contribution in [3.05, 3.63) is 34.3 Å². The Hall–Kier alpha value is -0.240. The van der Waals surface area contributed by atoms with Crippen LogP contribution in [0, 0.1) is 6.92 Å². The number of benzene rings is 1. The molecule has 0 aliphatic carbocycles. The Morgan fingerprint density at radius 1 is 1.31 bits per heavy atom. The van der Waals surface area contributed by atoms with Crippen LogP contribution in [0.3, 0.4) is 0 Å². The molecule has 0 fully saturated rings. The van der Waals surface area contributed by atoms with Crippen molar-refractivity contribution >= 4 is 23.2 Å². The summed E-state index contributed by atoms with van der Waals surface area (Å²) in [5.41, 5.74) is 2.37. The van der Waals surface area contributed by atoms with Crippen molar-refractivity contribution in [2.75, 3.05) is 12.4 Å². The van der Waals surface area contributed by atoms with E-state index in [1.54, 1.807) is 0 Å². The summed E-state index contributed by atoms with van der Waals surface area (Å²) in [5, 5.41) is 0.847. The van der Waals surface area contributed by atoms with Crippen molar-refractivity contribution < 1.29 is 0 Å². The highest BCUT2D eigenvalue weighted by atomic mass is 35.5. The third kappa shape index (κ3) is 3.97. The van der Waals surface area contributed by atoms with Crippen LogP contribution in [0.1, 0.15) is 25.0 Å². The van der Waals surface area contributed by atoms with Gasteiger partial charge in [-0.15, -0.1) is 11.6 Å². The van der Waals surface area contributed by atoms with Crippen LogP contribution in [0.2, 0.25) is 5.02 Å². The van der Waals surface area contributed by atoms with Gasteiger partial charge in [0.2, 0.25) is 0 Å². The largest absolute Gasteiger partial charge is 0.295 e. The fraction of sp³-hybridized carbons (Fsp3) is 0.538. The minimum absolute atomic E-state index is 0.483. The van der Waals surface area contributed by atoms with Gasteiger partial charge in [0.1, 0.15) is 0 Å². The number of hydrogen-bond acceptors (Lipinski definition) is 1. The van der Waals surface area contributed by atoms with E-state index >= 15 is 0 Å². The number of halogens is 2. The molecule has 16 heavy (non-hydrogen) atoms. The zero-order valence-electron chi connectivity index (χ0n) is 10.1. The predicted octanol–water partition coefficient (Wildman–Crippen LogP) is 4.10. The van der Waals surface area contributed by atoms with Crippen molar-refractivity contribution in [3.8, 4) is 0 Å². The van der Waals surface area contributed by atoms with Gasteiger partial charge < -0.3 is 0 Å². The Labute approximate surface area is 108 Å². The summed E-state index contributed by atoms with van der Waals surface area (Å²) >= 11 is 12.0. The van der Waals surface area contributed by atoms with Gasteiger partial charge >= 0.3 is 0 Å². The third-order valence-corrected chi connectivity index (χ3v) is 3.20. The lowest BCUT2D eigenvalue weighted by Crippen LogP contribution is -2.32. The minimum Gasteiger partial charge on any atom is -0.295 e. The van der Waals surface area contributed by atoms with Crippen LogP contribution >= 0.6 is 23.2 Å². The van der Waals surface area contributed by atoms with Crippen molar-refractivity contribution in [3.63, 3.8) is 0 Å². The Morgan fingerprint density at radius 3 is 2.50 bits per heavy atom. The van der Waals surface area contributed by atoms with E-state index in [2.05, 4.69) is 37.8 Å². The summed E-state index contributed by atoms with van der Waals surface area (Å²) in [5.74, 6) is 0.654. The molecular formula is C13H19Cl2N. The normalized spacial score (nSPS) is 11.4. The van der Waals surface area contributed by atoms with Gasteiger partial charge in [-0.25, -0.2) is 0 Å². The molecule has 1 aromatic rings. The number of rotatable bonds is 5. The fourth-order valence-corrected chi connectivity index (χ4v) is 2.14. The van der Waals surface area contributed by atoms with E-state index in [0.717, 1.165) is 18.1 Å². The second kappa shape index (κ2) is 6.48. The average molecular weight is 260 g/mol. The first-order valence-electron chi connectivity index (χ1n) is 5.59. The molecule has 0 aliphatic rings. The lowest BCUT2D eigenvalue weighted by Gasteiger charge is -2.26. The molecule has 0 aliphatic heterocycles. The SMILES string of the molecule is Cc1ccc(CN(CCCl)C(C)C)c(Cl)c1. The minimum atomic E-state index is 0.483. The van der Waals surface area contributed by atoms with Crippen molar-refractivity contribution in [1.82, 2.24) is 4.90 Å². The second-order valence-corrected chi connectivity index (χ2v) is 5.13. The Kier molecular flexibility index (Phi) is 5.60. The summed E-state index contributed by atoms with van der Waals surface area (Å²) in [7, 11) is 0. The smallest absolute Gasteiger partial charge is 0.0453 e. The molecule has 0 aromatic heterocycles. The standard InChI is InChI=1S/C13H19Cl2N/c1-10(2)16(7-6-14)9-12-5-4-11(3)8-13(12)15/h4-5,8,10H,6-7,9H2,1-3H3. The Balaban J connectivity index is 2.77. The van der Waals surface area contributed by atoms with Crippen molar-refractivity contribution in [2.45, 2.75) is 33.4 Å². The van der Waals surface area contributed by atoms with E-state index in [4.69, 9.17) is 23.2 Å². The van der Waals surface area contributed by atoms with E-state index in [9.17, 15) is 0 Å². The third-order valence-electron chi connectivity index (χ3n) is 2.68. The summed E-state index contributed by atoms with van der Waals surface area (Å²) in [4.78, 5) is 2.32. The van der Waals surface area contributed by atoms with Crippen LogP contribution in [0.25, 0.3) is 0 Å². The maximum Gasteiger partial charge on any atom is 0.0453 e. The molecule has 1 rings (SSSR count). The molecular weight excluding hydrogens is 241 g/mol. The molecule has 0 radical (unpaired) electrons. The number of aryl methyl sites for hydroxylation is 1. The number of hydrogen-bond donors (Lipinski definition) is 0. The van der Waals surface area contributed by atoms with E-state index in [1.807, 2.05) is 6.07 Å². The molecule has 0 atom stereocenters. The van der Waals surface area contributed by atoms with Crippen molar-refractivity contribution in [2.24, 2.45) is 0 Å². The van der Waals surface area contributed by atoms with Crippen LogP contribution in [-0.4, -0.2) is 23.4 Å². The van der Waals surface area contributed by atoms with Crippen LogP contribution < -0.4 is 0 Å². The highest BCUT2D eigenvalue weighted by molar-refractivity contribution is 6.31. The Morgan fingerprint density at radius 2 is 2.00 bits per heavy atom. The van der Waals surface area contributed by atoms with E-state index < -0.39 is 0 Å². The topological polar surface area (TPSA) is 3.24 Å². The van der Waals surface area contributed by atoms with Gasteiger partial charge in [-0.2, -0.15) is 0 Å². The van der Waals surface area contributed by atoms with Gasteiger partial charge in [0.05, 0.1) is 0 Å². The monoisotopic (exact) mass is 259 g/mol. The fourth-order valence-electron chi connectivity index (χ4n) is 1.63. The lowest BCUT2D eigenvalue weighted by atomic mass is 10.1. The first kappa shape index (κ1) is 13.8. The number of nitrogens with zero attached hydrogens (tertiary/aromatic N) is 1. The highest BCUT2D eigenvalue weighted by Crippen LogP contribution is 2.20. The summed E-state index contributed by atoms with van der Waals surface area (Å²) in [6.45, 7) is 8.16. The summed E-state index contributed by atoms with van der Waals surface area (Å²) < 4.78 is 0. The molecule has 0 heterocycles. The molecule has 90 valence electrons. The molecule has 0 saturated heterocycles. The van der Waals surface area contributed by atoms with E-state index in [0.29, 0.717) is 11.9 Å². The molecule has 0 N–H and O–H groups in total. The lowest BCUT2D eigenvalue weighted by molar-refractivity contribution is 0.226. The molecule has 0 spiro atoms. The van der Waals surface area contributed by atoms with Gasteiger partial charge in [-0.1, -0.05) is 23.7 Å². The van der Waals surface area contributed by atoms with Crippen LogP contribution in [0.5, 0.6) is 0 Å². The maximum absolute atomic E-state index is 6.22. The molecule has 3 heteroatoms. The quantitative estimate of drug-likeness (QED) is 0.720. The Bertz CT molecular complexity index is 337. The molecule has 0 bridgehead atoms. The molecule has 0 saturated carbocycles. The van der Waals surface area contributed by atoms with Gasteiger partial charge in [-0.3, -0.25) is 4.90 Å². The molecule has 0 amide bonds.